The average Bonchev–Trinajstić information content (AvgIpc) is 3.42. The van der Waals surface area contributed by atoms with E-state index in [1.54, 1.807) is 9.80 Å². The van der Waals surface area contributed by atoms with E-state index in [0.717, 1.165) is 49.6 Å². The number of allylic oxidation sites excluding steroid dienone is 1. The van der Waals surface area contributed by atoms with Crippen LogP contribution in [0.3, 0.4) is 0 Å². The Labute approximate surface area is 220 Å². The van der Waals surface area contributed by atoms with Crippen molar-refractivity contribution in [3.8, 4) is 0 Å². The van der Waals surface area contributed by atoms with Gasteiger partial charge in [0.2, 0.25) is 5.76 Å². The van der Waals surface area contributed by atoms with Gasteiger partial charge in [0, 0.05) is 50.6 Å². The topological polar surface area (TPSA) is 106 Å². The molecule has 2 aromatic rings. The predicted molar refractivity (Wildman–Crippen MR) is 138 cm³/mol. The summed E-state index contributed by atoms with van der Waals surface area (Å²) in [4.78, 5) is 29.4. The molecule has 0 radical (unpaired) electrons. The number of nitrogens with one attached hydrogen (secondary N) is 2. The molecule has 8 nitrogen and oxygen atoms in total. The lowest BCUT2D eigenvalue weighted by atomic mass is 10.1. The number of hydrogen-bond donors (Lipinski definition) is 3. The van der Waals surface area contributed by atoms with Crippen LogP contribution in [0.2, 0.25) is 0 Å². The Morgan fingerprint density at radius 3 is 2.24 bits per heavy atom. The number of carbonyl (C=O) groups is 2. The quantitative estimate of drug-likeness (QED) is 0.264. The van der Waals surface area contributed by atoms with Crippen LogP contribution >= 0.6 is 0 Å². The van der Waals surface area contributed by atoms with Gasteiger partial charge in [-0.05, 0) is 43.4 Å². The lowest BCUT2D eigenvalue weighted by Gasteiger charge is -2.37. The fraction of sp³-hybridized carbons (Fsp3) is 0.393. The summed E-state index contributed by atoms with van der Waals surface area (Å²) in [7, 11) is 0. The van der Waals surface area contributed by atoms with E-state index in [1.807, 2.05) is 30.3 Å². The number of nitrogens with zero attached hydrogens (tertiary/aromatic N) is 2. The number of aliphatic hydroxyl groups excluding tert-OH is 1. The van der Waals surface area contributed by atoms with Crippen LogP contribution < -0.4 is 5.32 Å². The number of halogens is 2. The predicted octanol–water partition coefficient (Wildman–Crippen LogP) is 3.47. The fourth-order valence-corrected chi connectivity index (χ4v) is 4.82. The summed E-state index contributed by atoms with van der Waals surface area (Å²) in [5, 5.41) is 21.0. The van der Waals surface area contributed by atoms with Crippen LogP contribution in [0.1, 0.15) is 31.2 Å². The van der Waals surface area contributed by atoms with Crippen LogP contribution in [0.5, 0.6) is 0 Å². The second-order valence-electron chi connectivity index (χ2n) is 9.51. The Bertz CT molecular complexity index is 1160. The molecule has 2 aliphatic rings. The summed E-state index contributed by atoms with van der Waals surface area (Å²) >= 11 is 0. The Morgan fingerprint density at radius 2 is 1.63 bits per heavy atom. The first-order valence-electron chi connectivity index (χ1n) is 12.8. The summed E-state index contributed by atoms with van der Waals surface area (Å²) in [5.74, 6) is -2.84. The first kappa shape index (κ1) is 27.3. The second-order valence-corrected chi connectivity index (χ2v) is 9.51. The molecule has 1 aliphatic heterocycles. The largest absolute Gasteiger partial charge is 0.483 e. The van der Waals surface area contributed by atoms with E-state index in [4.69, 9.17) is 10.1 Å². The van der Waals surface area contributed by atoms with Crippen molar-refractivity contribution >= 4 is 23.7 Å². The molecule has 0 bridgehead atoms. The van der Waals surface area contributed by atoms with Crippen LogP contribution in [0.15, 0.2) is 60.0 Å². The van der Waals surface area contributed by atoms with Gasteiger partial charge in [0.05, 0.1) is 6.10 Å². The molecule has 1 saturated carbocycles. The number of anilines is 1. The molecule has 1 heterocycles. The highest BCUT2D eigenvalue weighted by Gasteiger charge is 2.31. The van der Waals surface area contributed by atoms with E-state index in [2.05, 4.69) is 5.32 Å². The molecule has 2 amide bonds. The number of rotatable bonds is 9. The lowest BCUT2D eigenvalue weighted by Crippen LogP contribution is -2.52. The minimum absolute atomic E-state index is 0.0628. The molecule has 1 unspecified atom stereocenters. The van der Waals surface area contributed by atoms with Crippen LogP contribution in [-0.4, -0.2) is 71.3 Å². The third-order valence-corrected chi connectivity index (χ3v) is 6.77. The standard InChI is InChI=1S/C28H32F2N4O4/c29-20-15-21(30)17-22(16-20)32-27(36)26(38-23-8-4-5-9-23)24(18-31)33-10-12-34(13-11-33)28(37)25(35)14-19-6-2-1-3-7-19/h1-3,6-7,15-18,23,25,31,35H,4-5,8-14H2,(H,32,36)/b26-24-,31-18?. The van der Waals surface area contributed by atoms with Gasteiger partial charge < -0.3 is 30.4 Å². The zero-order valence-electron chi connectivity index (χ0n) is 21.0. The lowest BCUT2D eigenvalue weighted by molar-refractivity contribution is -0.141. The van der Waals surface area contributed by atoms with E-state index in [1.165, 1.54) is 0 Å². The molecule has 1 saturated heterocycles. The minimum atomic E-state index is -1.17. The maximum atomic E-state index is 13.7. The number of aliphatic hydroxyl groups is 1. The smallest absolute Gasteiger partial charge is 0.293 e. The van der Waals surface area contributed by atoms with E-state index in [9.17, 15) is 23.5 Å². The first-order valence-corrected chi connectivity index (χ1v) is 12.8. The van der Waals surface area contributed by atoms with Crippen molar-refractivity contribution in [1.82, 2.24) is 9.80 Å². The summed E-state index contributed by atoms with van der Waals surface area (Å²) in [6.07, 6.45) is 3.31. The molecule has 4 rings (SSSR count). The SMILES string of the molecule is N=C/C(=C(/OC1CCCC1)C(=O)Nc1cc(F)cc(F)c1)N1CCN(C(=O)C(O)Cc2ccccc2)CC1. The summed E-state index contributed by atoms with van der Waals surface area (Å²) in [6, 6.07) is 12.0. The number of hydrogen-bond acceptors (Lipinski definition) is 6. The maximum Gasteiger partial charge on any atom is 0.293 e. The molecule has 38 heavy (non-hydrogen) atoms. The minimum Gasteiger partial charge on any atom is -0.483 e. The second kappa shape index (κ2) is 12.6. The Kier molecular flexibility index (Phi) is 9.06. The highest BCUT2D eigenvalue weighted by atomic mass is 19.1. The van der Waals surface area contributed by atoms with E-state index < -0.39 is 23.6 Å². The molecule has 202 valence electrons. The van der Waals surface area contributed by atoms with Crippen LogP contribution in [0, 0.1) is 17.0 Å². The van der Waals surface area contributed by atoms with Crippen molar-refractivity contribution in [2.45, 2.75) is 44.3 Å². The van der Waals surface area contributed by atoms with Crippen LogP contribution in [0.4, 0.5) is 14.5 Å². The first-order chi connectivity index (χ1) is 18.3. The molecule has 0 spiro atoms. The molecule has 0 aromatic heterocycles. The summed E-state index contributed by atoms with van der Waals surface area (Å²) < 4.78 is 33.4. The van der Waals surface area contributed by atoms with Crippen LogP contribution in [-0.2, 0) is 20.7 Å². The van der Waals surface area contributed by atoms with Gasteiger partial charge in [-0.1, -0.05) is 30.3 Å². The van der Waals surface area contributed by atoms with Gasteiger partial charge in [-0.2, -0.15) is 0 Å². The summed E-state index contributed by atoms with van der Waals surface area (Å²) in [6.45, 7) is 1.20. The highest BCUT2D eigenvalue weighted by molar-refractivity contribution is 6.05. The third kappa shape index (κ3) is 6.95. The Balaban J connectivity index is 1.47. The van der Waals surface area contributed by atoms with E-state index >= 15 is 0 Å². The van der Waals surface area contributed by atoms with Gasteiger partial charge in [-0.25, -0.2) is 8.78 Å². The van der Waals surface area contributed by atoms with Crippen molar-refractivity contribution < 1.29 is 28.2 Å². The van der Waals surface area contributed by atoms with Crippen LogP contribution in [0.25, 0.3) is 0 Å². The fourth-order valence-electron chi connectivity index (χ4n) is 4.82. The Hall–Kier alpha value is -3.79. The molecule has 2 fully saturated rings. The van der Waals surface area contributed by atoms with Gasteiger partial charge in [-0.3, -0.25) is 9.59 Å². The highest BCUT2D eigenvalue weighted by Crippen LogP contribution is 2.26. The third-order valence-electron chi connectivity index (χ3n) is 6.77. The monoisotopic (exact) mass is 526 g/mol. The van der Waals surface area contributed by atoms with Gasteiger partial charge in [0.1, 0.15) is 23.4 Å². The number of piperazine rings is 1. The molecule has 10 heteroatoms. The zero-order chi connectivity index (χ0) is 27.1. The van der Waals surface area contributed by atoms with Gasteiger partial charge in [-0.15, -0.1) is 0 Å². The van der Waals surface area contributed by atoms with Crippen molar-refractivity contribution in [1.29, 1.82) is 5.41 Å². The zero-order valence-corrected chi connectivity index (χ0v) is 21.0. The number of benzene rings is 2. The molecular formula is C28H32F2N4O4. The number of carbonyl (C=O) groups excluding carboxylic acids is 2. The van der Waals surface area contributed by atoms with Gasteiger partial charge >= 0.3 is 0 Å². The normalized spacial score (nSPS) is 17.6. The van der Waals surface area contributed by atoms with Crippen molar-refractivity contribution in [3.63, 3.8) is 0 Å². The average molecular weight is 527 g/mol. The van der Waals surface area contributed by atoms with Crippen molar-refractivity contribution in [3.05, 3.63) is 77.2 Å². The van der Waals surface area contributed by atoms with Crippen molar-refractivity contribution in [2.24, 2.45) is 0 Å². The Morgan fingerprint density at radius 1 is 1.03 bits per heavy atom. The van der Waals surface area contributed by atoms with Crippen molar-refractivity contribution in [2.75, 3.05) is 31.5 Å². The summed E-state index contributed by atoms with van der Waals surface area (Å²) in [5.41, 5.74) is 1.02. The van der Waals surface area contributed by atoms with E-state index in [-0.39, 0.29) is 48.7 Å². The van der Waals surface area contributed by atoms with Gasteiger partial charge in [0.15, 0.2) is 0 Å². The number of amides is 2. The van der Waals surface area contributed by atoms with Gasteiger partial charge in [0.25, 0.3) is 11.8 Å². The molecule has 3 N–H and O–H groups in total. The molecular weight excluding hydrogens is 494 g/mol. The number of ether oxygens (including phenoxy) is 1. The molecule has 1 atom stereocenters. The maximum absolute atomic E-state index is 13.7. The molecule has 1 aliphatic carbocycles. The van der Waals surface area contributed by atoms with E-state index in [0.29, 0.717) is 19.2 Å². The molecule has 2 aromatic carbocycles.